The summed E-state index contributed by atoms with van der Waals surface area (Å²) in [7, 11) is 0. The summed E-state index contributed by atoms with van der Waals surface area (Å²) in [4.78, 5) is 18.5. The number of hydrogen-bond acceptors (Lipinski definition) is 3. The van der Waals surface area contributed by atoms with Crippen molar-refractivity contribution in [3.63, 3.8) is 0 Å². The van der Waals surface area contributed by atoms with Gasteiger partial charge in [0.15, 0.2) is 0 Å². The van der Waals surface area contributed by atoms with Crippen LogP contribution in [0, 0.1) is 12.3 Å². The van der Waals surface area contributed by atoms with E-state index in [0.29, 0.717) is 6.42 Å². The number of hydrogen-bond donors (Lipinski definition) is 1. The van der Waals surface area contributed by atoms with E-state index in [2.05, 4.69) is 18.8 Å². The molecule has 120 valence electrons. The van der Waals surface area contributed by atoms with Crippen molar-refractivity contribution in [3.8, 4) is 0 Å². The van der Waals surface area contributed by atoms with Crippen LogP contribution in [0.25, 0.3) is 0 Å². The first-order valence-corrected chi connectivity index (χ1v) is 6.83. The standard InChI is InChI=1S/C15H23N3O.2ClH/c1-11-4-5-12(9-17-11)8-14(19)18-7-6-13(16)15(2,3)10-18;;/h4-5,9,13H,6-8,10,16H2,1-3H3;2*1H. The monoisotopic (exact) mass is 333 g/mol. The minimum Gasteiger partial charge on any atom is -0.342 e. The van der Waals surface area contributed by atoms with Gasteiger partial charge in [0.2, 0.25) is 5.91 Å². The fourth-order valence-electron chi connectivity index (χ4n) is 2.48. The van der Waals surface area contributed by atoms with E-state index in [1.54, 1.807) is 6.20 Å². The SMILES string of the molecule is Cc1ccc(CC(=O)N2CCC(N)C(C)(C)C2)cn1.Cl.Cl. The third kappa shape index (κ3) is 5.13. The summed E-state index contributed by atoms with van der Waals surface area (Å²) in [6.07, 6.45) is 3.09. The van der Waals surface area contributed by atoms with Crippen molar-refractivity contribution in [1.82, 2.24) is 9.88 Å². The van der Waals surface area contributed by atoms with Gasteiger partial charge in [0.05, 0.1) is 6.42 Å². The maximum atomic E-state index is 12.3. The molecule has 1 saturated heterocycles. The fourth-order valence-corrected chi connectivity index (χ4v) is 2.48. The molecular formula is C15H25Cl2N3O. The molecule has 1 aliphatic heterocycles. The molecule has 0 radical (unpaired) electrons. The Bertz CT molecular complexity index is 462. The van der Waals surface area contributed by atoms with Gasteiger partial charge in [-0.2, -0.15) is 0 Å². The highest BCUT2D eigenvalue weighted by Crippen LogP contribution is 2.27. The summed E-state index contributed by atoms with van der Waals surface area (Å²) in [5, 5.41) is 0. The second-order valence-corrected chi connectivity index (χ2v) is 6.18. The first-order valence-electron chi connectivity index (χ1n) is 6.83. The van der Waals surface area contributed by atoms with Crippen LogP contribution in [0.5, 0.6) is 0 Å². The molecule has 2 rings (SSSR count). The second kappa shape index (κ2) is 7.97. The number of aromatic nitrogens is 1. The predicted molar refractivity (Wildman–Crippen MR) is 90.1 cm³/mol. The summed E-state index contributed by atoms with van der Waals surface area (Å²) in [5.74, 6) is 0.172. The highest BCUT2D eigenvalue weighted by Gasteiger charge is 2.35. The Hall–Kier alpha value is -0.840. The lowest BCUT2D eigenvalue weighted by atomic mass is 9.79. The smallest absolute Gasteiger partial charge is 0.227 e. The van der Waals surface area contributed by atoms with Gasteiger partial charge in [-0.1, -0.05) is 19.9 Å². The van der Waals surface area contributed by atoms with Crippen LogP contribution in [0.4, 0.5) is 0 Å². The number of pyridine rings is 1. The Morgan fingerprint density at radius 3 is 2.62 bits per heavy atom. The summed E-state index contributed by atoms with van der Waals surface area (Å²) < 4.78 is 0. The molecule has 21 heavy (non-hydrogen) atoms. The van der Waals surface area contributed by atoms with Crippen LogP contribution in [-0.2, 0) is 11.2 Å². The van der Waals surface area contributed by atoms with Gasteiger partial charge in [0, 0.05) is 31.0 Å². The third-order valence-electron chi connectivity index (χ3n) is 3.99. The molecule has 1 aromatic heterocycles. The number of amides is 1. The summed E-state index contributed by atoms with van der Waals surface area (Å²) in [6, 6.07) is 4.09. The zero-order valence-electron chi connectivity index (χ0n) is 12.8. The van der Waals surface area contributed by atoms with E-state index in [9.17, 15) is 4.79 Å². The highest BCUT2D eigenvalue weighted by molar-refractivity contribution is 5.85. The molecule has 1 aromatic rings. The number of rotatable bonds is 2. The number of piperidine rings is 1. The Morgan fingerprint density at radius 1 is 1.43 bits per heavy atom. The second-order valence-electron chi connectivity index (χ2n) is 6.18. The van der Waals surface area contributed by atoms with E-state index in [1.165, 1.54) is 0 Å². The number of likely N-dealkylation sites (tertiary alicyclic amines) is 1. The molecular weight excluding hydrogens is 309 g/mol. The molecule has 1 atom stereocenters. The van der Waals surface area contributed by atoms with Gasteiger partial charge in [-0.25, -0.2) is 0 Å². The fraction of sp³-hybridized carbons (Fsp3) is 0.600. The first kappa shape index (κ1) is 20.2. The van der Waals surface area contributed by atoms with Crippen molar-refractivity contribution in [1.29, 1.82) is 0 Å². The van der Waals surface area contributed by atoms with Crippen LogP contribution in [0.15, 0.2) is 18.3 Å². The first-order chi connectivity index (χ1) is 8.88. The van der Waals surface area contributed by atoms with Gasteiger partial charge < -0.3 is 10.6 Å². The van der Waals surface area contributed by atoms with Crippen LogP contribution < -0.4 is 5.73 Å². The maximum absolute atomic E-state index is 12.3. The van der Waals surface area contributed by atoms with Crippen molar-refractivity contribution in [3.05, 3.63) is 29.6 Å². The molecule has 0 aromatic carbocycles. The van der Waals surface area contributed by atoms with Crippen LogP contribution in [0.2, 0.25) is 0 Å². The van der Waals surface area contributed by atoms with Crippen LogP contribution in [0.1, 0.15) is 31.5 Å². The van der Waals surface area contributed by atoms with E-state index in [0.717, 1.165) is 30.8 Å². The number of carbonyl (C=O) groups excluding carboxylic acids is 1. The lowest BCUT2D eigenvalue weighted by molar-refractivity contribution is -0.133. The van der Waals surface area contributed by atoms with E-state index < -0.39 is 0 Å². The van der Waals surface area contributed by atoms with Gasteiger partial charge in [0.1, 0.15) is 0 Å². The molecule has 1 unspecified atom stereocenters. The van der Waals surface area contributed by atoms with Crippen molar-refractivity contribution in [2.24, 2.45) is 11.1 Å². The lowest BCUT2D eigenvalue weighted by Gasteiger charge is -2.42. The number of aryl methyl sites for hydroxylation is 1. The highest BCUT2D eigenvalue weighted by atomic mass is 35.5. The Labute approximate surface area is 139 Å². The topological polar surface area (TPSA) is 59.2 Å². The van der Waals surface area contributed by atoms with Gasteiger partial charge in [0.25, 0.3) is 0 Å². The third-order valence-corrected chi connectivity index (χ3v) is 3.99. The van der Waals surface area contributed by atoms with Gasteiger partial charge in [-0.05, 0) is 30.4 Å². The average Bonchev–Trinajstić information content (AvgIpc) is 2.35. The van der Waals surface area contributed by atoms with Gasteiger partial charge in [-0.3, -0.25) is 9.78 Å². The number of nitrogens with zero attached hydrogens (tertiary/aromatic N) is 2. The number of halogens is 2. The van der Waals surface area contributed by atoms with E-state index in [-0.39, 0.29) is 42.2 Å². The molecule has 0 bridgehead atoms. The van der Waals surface area contributed by atoms with Crippen molar-refractivity contribution in [2.45, 2.75) is 39.7 Å². The molecule has 1 aliphatic rings. The molecule has 4 nitrogen and oxygen atoms in total. The summed E-state index contributed by atoms with van der Waals surface area (Å²) >= 11 is 0. The molecule has 6 heteroatoms. The van der Waals surface area contributed by atoms with Crippen LogP contribution >= 0.6 is 24.8 Å². The zero-order valence-corrected chi connectivity index (χ0v) is 14.5. The van der Waals surface area contributed by atoms with E-state index >= 15 is 0 Å². The predicted octanol–water partition coefficient (Wildman–Crippen LogP) is 2.36. The Morgan fingerprint density at radius 2 is 2.10 bits per heavy atom. The van der Waals surface area contributed by atoms with E-state index in [4.69, 9.17) is 5.73 Å². The normalized spacial score (nSPS) is 20.2. The Kier molecular flexibility index (Phi) is 7.65. The average molecular weight is 334 g/mol. The van der Waals surface area contributed by atoms with Crippen molar-refractivity contribution in [2.75, 3.05) is 13.1 Å². The quantitative estimate of drug-likeness (QED) is 0.903. The molecule has 2 heterocycles. The largest absolute Gasteiger partial charge is 0.342 e. The molecule has 0 saturated carbocycles. The molecule has 0 aliphatic carbocycles. The molecule has 2 N–H and O–H groups in total. The van der Waals surface area contributed by atoms with Crippen LogP contribution in [-0.4, -0.2) is 34.9 Å². The molecule has 1 amide bonds. The molecule has 0 spiro atoms. The molecule has 1 fully saturated rings. The van der Waals surface area contributed by atoms with E-state index in [1.807, 2.05) is 24.0 Å². The minimum absolute atomic E-state index is 0. The number of nitrogens with two attached hydrogens (primary N) is 1. The van der Waals surface area contributed by atoms with Crippen molar-refractivity contribution < 1.29 is 4.79 Å². The van der Waals surface area contributed by atoms with Gasteiger partial charge >= 0.3 is 0 Å². The number of carbonyl (C=O) groups is 1. The zero-order chi connectivity index (χ0) is 14.0. The summed E-state index contributed by atoms with van der Waals surface area (Å²) in [5.41, 5.74) is 8.04. The van der Waals surface area contributed by atoms with Gasteiger partial charge in [-0.15, -0.1) is 24.8 Å². The van der Waals surface area contributed by atoms with Crippen molar-refractivity contribution >= 4 is 30.7 Å². The summed E-state index contributed by atoms with van der Waals surface area (Å²) in [6.45, 7) is 7.71. The maximum Gasteiger partial charge on any atom is 0.227 e. The van der Waals surface area contributed by atoms with Crippen LogP contribution in [0.3, 0.4) is 0 Å². The minimum atomic E-state index is -0.000560. The lowest BCUT2D eigenvalue weighted by Crippen LogP contribution is -2.54. The Balaban J connectivity index is 0.00000200.